The van der Waals surface area contributed by atoms with E-state index in [0.29, 0.717) is 0 Å². The number of ether oxygens (including phenoxy) is 1. The minimum absolute atomic E-state index is 0.187. The molecule has 0 aliphatic carbocycles. The van der Waals surface area contributed by atoms with E-state index in [-0.39, 0.29) is 15.2 Å². The summed E-state index contributed by atoms with van der Waals surface area (Å²) in [5, 5.41) is 0.0670. The van der Waals surface area contributed by atoms with Crippen LogP contribution in [0.4, 0.5) is 17.6 Å². The Morgan fingerprint density at radius 1 is 1.10 bits per heavy atom. The van der Waals surface area contributed by atoms with Crippen molar-refractivity contribution in [2.75, 3.05) is 0 Å². The Kier molecular flexibility index (Phi) is 3.95. The third kappa shape index (κ3) is 2.61. The lowest BCUT2D eigenvalue weighted by atomic mass is 10.0. The minimum atomic E-state index is -4.79. The number of benzene rings is 2. The SMILES string of the molecule is CC(C)Oc1c(F)c(C(F)(F)F)c2ccccc2c1Br. The largest absolute Gasteiger partial charge is 0.487 e. The lowest BCUT2D eigenvalue weighted by molar-refractivity contribution is -0.138. The molecule has 0 fully saturated rings. The van der Waals surface area contributed by atoms with E-state index < -0.39 is 29.4 Å². The molecular weight excluding hydrogens is 340 g/mol. The molecule has 0 N–H and O–H groups in total. The number of halogens is 5. The Hall–Kier alpha value is -1.30. The molecule has 0 aliphatic heterocycles. The van der Waals surface area contributed by atoms with Crippen LogP contribution < -0.4 is 4.74 Å². The van der Waals surface area contributed by atoms with Gasteiger partial charge in [-0.15, -0.1) is 0 Å². The smallest absolute Gasteiger partial charge is 0.419 e. The van der Waals surface area contributed by atoms with Crippen molar-refractivity contribution in [3.63, 3.8) is 0 Å². The summed E-state index contributed by atoms with van der Waals surface area (Å²) < 4.78 is 59.0. The molecule has 6 heteroatoms. The molecule has 0 spiro atoms. The monoisotopic (exact) mass is 350 g/mol. The zero-order valence-electron chi connectivity index (χ0n) is 10.7. The molecule has 0 aromatic heterocycles. The summed E-state index contributed by atoms with van der Waals surface area (Å²) >= 11 is 3.13. The van der Waals surface area contributed by atoms with Crippen LogP contribution in [0.5, 0.6) is 5.75 Å². The first kappa shape index (κ1) is 15.1. The van der Waals surface area contributed by atoms with E-state index in [4.69, 9.17) is 4.74 Å². The van der Waals surface area contributed by atoms with Crippen molar-refractivity contribution in [2.24, 2.45) is 0 Å². The summed E-state index contributed by atoms with van der Waals surface area (Å²) in [6.45, 7) is 3.24. The van der Waals surface area contributed by atoms with Gasteiger partial charge in [-0.1, -0.05) is 24.3 Å². The summed E-state index contributed by atoms with van der Waals surface area (Å²) in [5.74, 6) is -1.80. The molecule has 0 bridgehead atoms. The van der Waals surface area contributed by atoms with Crippen molar-refractivity contribution >= 4 is 26.7 Å². The third-order valence-corrected chi connectivity index (χ3v) is 3.48. The van der Waals surface area contributed by atoms with Crippen molar-refractivity contribution in [2.45, 2.75) is 26.1 Å². The first-order valence-corrected chi connectivity index (χ1v) is 6.66. The summed E-state index contributed by atoms with van der Waals surface area (Å²) in [5.41, 5.74) is -1.30. The predicted molar refractivity (Wildman–Crippen MR) is 72.4 cm³/mol. The lowest BCUT2D eigenvalue weighted by Crippen LogP contribution is -2.14. The van der Waals surface area contributed by atoms with Crippen molar-refractivity contribution in [3.05, 3.63) is 40.1 Å². The van der Waals surface area contributed by atoms with E-state index in [1.54, 1.807) is 19.9 Å². The second-order valence-electron chi connectivity index (χ2n) is 4.54. The fourth-order valence-electron chi connectivity index (χ4n) is 1.96. The highest BCUT2D eigenvalue weighted by atomic mass is 79.9. The van der Waals surface area contributed by atoms with Crippen LogP contribution in [0, 0.1) is 5.82 Å². The number of hydrogen-bond donors (Lipinski definition) is 0. The van der Waals surface area contributed by atoms with Gasteiger partial charge in [0, 0.05) is 5.39 Å². The number of alkyl halides is 3. The third-order valence-electron chi connectivity index (χ3n) is 2.69. The van der Waals surface area contributed by atoms with Gasteiger partial charge in [0.25, 0.3) is 0 Å². The van der Waals surface area contributed by atoms with Crippen LogP contribution in [0.15, 0.2) is 28.7 Å². The number of hydrogen-bond acceptors (Lipinski definition) is 1. The van der Waals surface area contributed by atoms with Crippen LogP contribution in [0.1, 0.15) is 19.4 Å². The predicted octanol–water partition coefficient (Wildman–Crippen LogP) is 5.55. The van der Waals surface area contributed by atoms with Gasteiger partial charge in [0.1, 0.15) is 5.56 Å². The van der Waals surface area contributed by atoms with E-state index in [9.17, 15) is 17.6 Å². The average Bonchev–Trinajstić information content (AvgIpc) is 2.32. The molecular formula is C14H11BrF4O. The Bertz CT molecular complexity index is 650. The Morgan fingerprint density at radius 3 is 2.15 bits per heavy atom. The van der Waals surface area contributed by atoms with Crippen LogP contribution in [0.3, 0.4) is 0 Å². The normalized spacial score (nSPS) is 12.2. The Morgan fingerprint density at radius 2 is 1.65 bits per heavy atom. The van der Waals surface area contributed by atoms with Crippen LogP contribution >= 0.6 is 15.9 Å². The molecule has 2 aromatic rings. The molecule has 0 aliphatic rings. The number of fused-ring (bicyclic) bond motifs is 1. The van der Waals surface area contributed by atoms with E-state index in [2.05, 4.69) is 15.9 Å². The summed E-state index contributed by atoms with van der Waals surface area (Å²) in [4.78, 5) is 0. The van der Waals surface area contributed by atoms with Gasteiger partial charge in [-0.25, -0.2) is 4.39 Å². The molecule has 0 atom stereocenters. The topological polar surface area (TPSA) is 9.23 Å². The van der Waals surface area contributed by atoms with Gasteiger partial charge in [0.2, 0.25) is 0 Å². The second kappa shape index (κ2) is 5.24. The maximum absolute atomic E-state index is 14.2. The van der Waals surface area contributed by atoms with Gasteiger partial charge in [0.05, 0.1) is 10.6 Å². The summed E-state index contributed by atoms with van der Waals surface area (Å²) in [7, 11) is 0. The Balaban J connectivity index is 2.89. The summed E-state index contributed by atoms with van der Waals surface area (Å²) in [6.07, 6.45) is -5.23. The van der Waals surface area contributed by atoms with Crippen molar-refractivity contribution in [1.82, 2.24) is 0 Å². The van der Waals surface area contributed by atoms with Gasteiger partial charge >= 0.3 is 6.18 Å². The highest BCUT2D eigenvalue weighted by molar-refractivity contribution is 9.10. The van der Waals surface area contributed by atoms with Crippen molar-refractivity contribution in [1.29, 1.82) is 0 Å². The lowest BCUT2D eigenvalue weighted by Gasteiger charge is -2.19. The van der Waals surface area contributed by atoms with E-state index in [0.717, 1.165) is 0 Å². The molecule has 2 rings (SSSR count). The first-order valence-electron chi connectivity index (χ1n) is 5.87. The quantitative estimate of drug-likeness (QED) is 0.645. The summed E-state index contributed by atoms with van der Waals surface area (Å²) in [6, 6.07) is 5.75. The molecule has 2 aromatic carbocycles. The fourth-order valence-corrected chi connectivity index (χ4v) is 2.57. The molecule has 0 amide bonds. The van der Waals surface area contributed by atoms with Crippen LogP contribution in [0.2, 0.25) is 0 Å². The molecule has 108 valence electrons. The highest BCUT2D eigenvalue weighted by Gasteiger charge is 2.39. The molecule has 0 saturated carbocycles. The second-order valence-corrected chi connectivity index (χ2v) is 5.34. The standard InChI is InChI=1S/C14H11BrF4O/c1-7(2)20-13-11(15)9-6-4-3-5-8(9)10(12(13)16)14(17,18)19/h3-7H,1-2H3. The van der Waals surface area contributed by atoms with Crippen molar-refractivity contribution < 1.29 is 22.3 Å². The Labute approximate surface area is 121 Å². The van der Waals surface area contributed by atoms with Crippen LogP contribution in [0.25, 0.3) is 10.8 Å². The van der Waals surface area contributed by atoms with Gasteiger partial charge in [0.15, 0.2) is 11.6 Å². The molecule has 0 heterocycles. The van der Waals surface area contributed by atoms with E-state index in [1.165, 1.54) is 18.2 Å². The molecule has 0 saturated heterocycles. The van der Waals surface area contributed by atoms with Gasteiger partial charge in [-0.3, -0.25) is 0 Å². The highest BCUT2D eigenvalue weighted by Crippen LogP contribution is 2.45. The number of rotatable bonds is 2. The van der Waals surface area contributed by atoms with E-state index >= 15 is 0 Å². The minimum Gasteiger partial charge on any atom is -0.487 e. The molecule has 0 unspecified atom stereocenters. The maximum Gasteiger partial charge on any atom is 0.419 e. The average molecular weight is 351 g/mol. The first-order chi connectivity index (χ1) is 9.23. The zero-order valence-corrected chi connectivity index (χ0v) is 12.3. The zero-order chi connectivity index (χ0) is 15.1. The molecule has 1 nitrogen and oxygen atoms in total. The maximum atomic E-state index is 14.2. The van der Waals surface area contributed by atoms with Crippen LogP contribution in [-0.2, 0) is 6.18 Å². The van der Waals surface area contributed by atoms with Crippen LogP contribution in [-0.4, -0.2) is 6.10 Å². The van der Waals surface area contributed by atoms with E-state index in [1.807, 2.05) is 0 Å². The molecule has 0 radical (unpaired) electrons. The van der Waals surface area contributed by atoms with Gasteiger partial charge in [-0.05, 0) is 35.2 Å². The molecule has 20 heavy (non-hydrogen) atoms. The van der Waals surface area contributed by atoms with Gasteiger partial charge < -0.3 is 4.74 Å². The fraction of sp³-hybridized carbons (Fsp3) is 0.286. The van der Waals surface area contributed by atoms with Crippen molar-refractivity contribution in [3.8, 4) is 5.75 Å². The van der Waals surface area contributed by atoms with Gasteiger partial charge in [-0.2, -0.15) is 13.2 Å².